The number of anilines is 1. The Morgan fingerprint density at radius 2 is 2.17 bits per heavy atom. The number of nitrogens with one attached hydrogen (secondary N) is 1. The highest BCUT2D eigenvalue weighted by Crippen LogP contribution is 2.18. The predicted octanol–water partition coefficient (Wildman–Crippen LogP) is 3.37. The maximum absolute atomic E-state index is 5.95. The van der Waals surface area contributed by atoms with Crippen molar-refractivity contribution in [3.63, 3.8) is 0 Å². The minimum absolute atomic E-state index is 0.459. The van der Waals surface area contributed by atoms with Gasteiger partial charge in [-0.1, -0.05) is 26.0 Å². The number of hydrogen-bond donors (Lipinski definition) is 2. The summed E-state index contributed by atoms with van der Waals surface area (Å²) in [6.07, 6.45) is 3.12. The molecular formula is C19H31N3O2. The number of aliphatic imine (C=N–C) groups is 1. The minimum Gasteiger partial charge on any atom is -0.381 e. The molecule has 0 radical (unpaired) electrons. The standard InChI is InChI=1S/C19H31N3O2/c1-15(2)17-5-3-6-18(13-17)22-19(20)21-9-4-10-24-14-16-7-11-23-12-8-16/h3,5-6,13,15-16H,4,7-12,14H2,1-2H3,(H3,20,21,22). The maximum atomic E-state index is 5.95. The fourth-order valence-electron chi connectivity index (χ4n) is 2.69. The molecule has 134 valence electrons. The lowest BCUT2D eigenvalue weighted by molar-refractivity contribution is 0.0205. The SMILES string of the molecule is CC(C)c1cccc(NC(N)=NCCCOCC2CCOCC2)c1. The third-order valence-electron chi connectivity index (χ3n) is 4.25. The molecule has 1 saturated heterocycles. The molecule has 0 amide bonds. The van der Waals surface area contributed by atoms with E-state index in [-0.39, 0.29) is 0 Å². The highest BCUT2D eigenvalue weighted by Gasteiger charge is 2.13. The van der Waals surface area contributed by atoms with Crippen molar-refractivity contribution in [2.45, 2.75) is 39.0 Å². The van der Waals surface area contributed by atoms with Crippen LogP contribution in [0.3, 0.4) is 0 Å². The van der Waals surface area contributed by atoms with Gasteiger partial charge in [0, 0.05) is 38.7 Å². The van der Waals surface area contributed by atoms with Crippen LogP contribution >= 0.6 is 0 Å². The summed E-state index contributed by atoms with van der Waals surface area (Å²) in [4.78, 5) is 4.36. The van der Waals surface area contributed by atoms with Crippen molar-refractivity contribution in [3.05, 3.63) is 29.8 Å². The summed E-state index contributed by atoms with van der Waals surface area (Å²) < 4.78 is 11.1. The zero-order valence-electron chi connectivity index (χ0n) is 15.0. The van der Waals surface area contributed by atoms with E-state index in [1.165, 1.54) is 5.56 Å². The molecule has 0 atom stereocenters. The summed E-state index contributed by atoms with van der Waals surface area (Å²) in [6.45, 7) is 8.35. The second kappa shape index (κ2) is 10.3. The lowest BCUT2D eigenvalue weighted by atomic mass is 10.0. The first-order valence-electron chi connectivity index (χ1n) is 8.97. The van der Waals surface area contributed by atoms with E-state index < -0.39 is 0 Å². The van der Waals surface area contributed by atoms with Gasteiger partial charge in [-0.2, -0.15) is 0 Å². The molecule has 0 aromatic heterocycles. The van der Waals surface area contributed by atoms with E-state index in [0.717, 1.165) is 51.4 Å². The molecule has 2 rings (SSSR count). The lowest BCUT2D eigenvalue weighted by Gasteiger charge is -2.21. The largest absolute Gasteiger partial charge is 0.381 e. The Hall–Kier alpha value is -1.59. The molecule has 5 heteroatoms. The molecule has 0 bridgehead atoms. The Bertz CT molecular complexity index is 511. The van der Waals surface area contributed by atoms with Gasteiger partial charge in [-0.25, -0.2) is 0 Å². The molecular weight excluding hydrogens is 302 g/mol. The van der Waals surface area contributed by atoms with E-state index in [2.05, 4.69) is 36.3 Å². The van der Waals surface area contributed by atoms with Crippen LogP contribution in [-0.2, 0) is 9.47 Å². The third-order valence-corrected chi connectivity index (χ3v) is 4.25. The van der Waals surface area contributed by atoms with E-state index in [1.54, 1.807) is 0 Å². The van der Waals surface area contributed by atoms with Crippen molar-refractivity contribution in [1.29, 1.82) is 0 Å². The summed E-state index contributed by atoms with van der Waals surface area (Å²) in [6, 6.07) is 8.28. The van der Waals surface area contributed by atoms with Crippen molar-refractivity contribution in [3.8, 4) is 0 Å². The molecule has 5 nitrogen and oxygen atoms in total. The fourth-order valence-corrected chi connectivity index (χ4v) is 2.69. The van der Waals surface area contributed by atoms with Gasteiger partial charge in [-0.05, 0) is 48.8 Å². The Labute approximate surface area is 145 Å². The smallest absolute Gasteiger partial charge is 0.193 e. The quantitative estimate of drug-likeness (QED) is 0.435. The molecule has 1 aliphatic rings. The van der Waals surface area contributed by atoms with Gasteiger partial charge in [-0.15, -0.1) is 0 Å². The number of nitrogens with zero attached hydrogens (tertiary/aromatic N) is 1. The monoisotopic (exact) mass is 333 g/mol. The number of hydrogen-bond acceptors (Lipinski definition) is 3. The van der Waals surface area contributed by atoms with Crippen LogP contribution in [0.15, 0.2) is 29.3 Å². The van der Waals surface area contributed by atoms with Gasteiger partial charge < -0.3 is 20.5 Å². The minimum atomic E-state index is 0.459. The van der Waals surface area contributed by atoms with Crippen molar-refractivity contribution in [2.75, 3.05) is 38.3 Å². The number of rotatable bonds is 8. The summed E-state index contributed by atoms with van der Waals surface area (Å²) in [5.74, 6) is 1.61. The topological polar surface area (TPSA) is 68.9 Å². The summed E-state index contributed by atoms with van der Waals surface area (Å²) in [5.41, 5.74) is 8.22. The summed E-state index contributed by atoms with van der Waals surface area (Å²) in [5, 5.41) is 3.15. The van der Waals surface area contributed by atoms with Crippen LogP contribution in [-0.4, -0.2) is 38.9 Å². The molecule has 1 aliphatic heterocycles. The molecule has 1 fully saturated rings. The predicted molar refractivity (Wildman–Crippen MR) is 99.6 cm³/mol. The summed E-state index contributed by atoms with van der Waals surface area (Å²) in [7, 11) is 0. The van der Waals surface area contributed by atoms with Crippen LogP contribution in [0, 0.1) is 5.92 Å². The highest BCUT2D eigenvalue weighted by molar-refractivity contribution is 5.92. The molecule has 1 heterocycles. The molecule has 1 aromatic carbocycles. The normalized spacial score (nSPS) is 16.5. The molecule has 0 saturated carbocycles. The van der Waals surface area contributed by atoms with Crippen LogP contribution in [0.25, 0.3) is 0 Å². The zero-order chi connectivity index (χ0) is 17.2. The van der Waals surface area contributed by atoms with Crippen LogP contribution < -0.4 is 11.1 Å². The van der Waals surface area contributed by atoms with E-state index in [1.807, 2.05) is 12.1 Å². The molecule has 0 spiro atoms. The van der Waals surface area contributed by atoms with Gasteiger partial charge in [-0.3, -0.25) is 4.99 Å². The number of nitrogens with two attached hydrogens (primary N) is 1. The molecule has 24 heavy (non-hydrogen) atoms. The van der Waals surface area contributed by atoms with Crippen molar-refractivity contribution in [1.82, 2.24) is 0 Å². The van der Waals surface area contributed by atoms with Gasteiger partial charge in [0.1, 0.15) is 0 Å². The first-order valence-corrected chi connectivity index (χ1v) is 8.97. The number of benzene rings is 1. The van der Waals surface area contributed by atoms with Gasteiger partial charge in [0.15, 0.2) is 5.96 Å². The Morgan fingerprint density at radius 3 is 2.92 bits per heavy atom. The van der Waals surface area contributed by atoms with E-state index in [0.29, 0.717) is 24.3 Å². The second-order valence-electron chi connectivity index (χ2n) is 6.66. The van der Waals surface area contributed by atoms with Crippen molar-refractivity contribution < 1.29 is 9.47 Å². The number of guanidine groups is 1. The van der Waals surface area contributed by atoms with E-state index in [4.69, 9.17) is 15.2 Å². The van der Waals surface area contributed by atoms with Gasteiger partial charge in [0.05, 0.1) is 0 Å². The average molecular weight is 333 g/mol. The number of ether oxygens (including phenoxy) is 2. The maximum Gasteiger partial charge on any atom is 0.193 e. The van der Waals surface area contributed by atoms with E-state index >= 15 is 0 Å². The molecule has 3 N–H and O–H groups in total. The molecule has 0 unspecified atom stereocenters. The Kier molecular flexibility index (Phi) is 8.05. The van der Waals surface area contributed by atoms with Crippen LogP contribution in [0.2, 0.25) is 0 Å². The van der Waals surface area contributed by atoms with Crippen LogP contribution in [0.4, 0.5) is 5.69 Å². The Balaban J connectivity index is 1.62. The second-order valence-corrected chi connectivity index (χ2v) is 6.66. The average Bonchev–Trinajstić information content (AvgIpc) is 2.59. The molecule has 0 aliphatic carbocycles. The van der Waals surface area contributed by atoms with Gasteiger partial charge in [0.25, 0.3) is 0 Å². The lowest BCUT2D eigenvalue weighted by Crippen LogP contribution is -2.23. The van der Waals surface area contributed by atoms with Crippen molar-refractivity contribution >= 4 is 11.6 Å². The highest BCUT2D eigenvalue weighted by atomic mass is 16.5. The van der Waals surface area contributed by atoms with Crippen LogP contribution in [0.5, 0.6) is 0 Å². The van der Waals surface area contributed by atoms with Gasteiger partial charge >= 0.3 is 0 Å². The van der Waals surface area contributed by atoms with Gasteiger partial charge in [0.2, 0.25) is 0 Å². The summed E-state index contributed by atoms with van der Waals surface area (Å²) >= 11 is 0. The van der Waals surface area contributed by atoms with E-state index in [9.17, 15) is 0 Å². The Morgan fingerprint density at radius 1 is 1.38 bits per heavy atom. The van der Waals surface area contributed by atoms with Crippen LogP contribution in [0.1, 0.15) is 44.6 Å². The fraction of sp³-hybridized carbons (Fsp3) is 0.632. The van der Waals surface area contributed by atoms with Crippen molar-refractivity contribution in [2.24, 2.45) is 16.6 Å². The first-order chi connectivity index (χ1) is 11.6. The molecule has 1 aromatic rings. The third kappa shape index (κ3) is 6.89. The zero-order valence-corrected chi connectivity index (χ0v) is 15.0. The first kappa shape index (κ1) is 18.7.